The molecule has 0 bridgehead atoms. The van der Waals surface area contributed by atoms with Gasteiger partial charge in [-0.05, 0) is 32.6 Å². The van der Waals surface area contributed by atoms with Gasteiger partial charge in [-0.25, -0.2) is 0 Å². The van der Waals surface area contributed by atoms with Crippen LogP contribution in [0, 0.1) is 5.92 Å². The lowest BCUT2D eigenvalue weighted by atomic mass is 9.90. The van der Waals surface area contributed by atoms with Crippen molar-refractivity contribution in [3.63, 3.8) is 0 Å². The number of carbonyl (C=O) groups is 3. The summed E-state index contributed by atoms with van der Waals surface area (Å²) < 4.78 is 4.81. The van der Waals surface area contributed by atoms with Gasteiger partial charge in [0.2, 0.25) is 0 Å². The predicted octanol–water partition coefficient (Wildman–Crippen LogP) is 2.09. The third-order valence-electron chi connectivity index (χ3n) is 3.35. The highest BCUT2D eigenvalue weighted by Crippen LogP contribution is 2.19. The monoisotopic (exact) mass is 300 g/mol. The Kier molecular flexibility index (Phi) is 11.0. The molecule has 0 aromatic heterocycles. The fourth-order valence-electron chi connectivity index (χ4n) is 2.30. The summed E-state index contributed by atoms with van der Waals surface area (Å²) in [4.78, 5) is 34.4. The van der Waals surface area contributed by atoms with Crippen molar-refractivity contribution in [2.75, 3.05) is 13.7 Å². The van der Waals surface area contributed by atoms with Gasteiger partial charge in [0.05, 0.1) is 12.7 Å². The van der Waals surface area contributed by atoms with Gasteiger partial charge >= 0.3 is 0 Å². The Morgan fingerprint density at radius 3 is 2.10 bits per heavy atom. The third kappa shape index (κ3) is 12.4. The summed E-state index contributed by atoms with van der Waals surface area (Å²) in [6, 6.07) is 0. The van der Waals surface area contributed by atoms with Crippen LogP contribution < -0.4 is 0 Å². The third-order valence-corrected chi connectivity index (χ3v) is 3.35. The number of hydrogen-bond donors (Lipinski definition) is 1. The van der Waals surface area contributed by atoms with E-state index in [2.05, 4.69) is 0 Å². The van der Waals surface area contributed by atoms with E-state index in [0.29, 0.717) is 38.7 Å². The van der Waals surface area contributed by atoms with Gasteiger partial charge in [0.25, 0.3) is 0 Å². The molecule has 2 atom stereocenters. The SMILES string of the molecule is COCCC(=O)CCC(=O)CCC(CC(C)=O)CC(C)O. The molecule has 0 aromatic carbocycles. The van der Waals surface area contributed by atoms with Gasteiger partial charge < -0.3 is 14.6 Å². The van der Waals surface area contributed by atoms with Crippen molar-refractivity contribution in [1.29, 1.82) is 0 Å². The second kappa shape index (κ2) is 11.6. The minimum atomic E-state index is -0.472. The molecule has 0 amide bonds. The molecule has 0 aliphatic heterocycles. The van der Waals surface area contributed by atoms with Gasteiger partial charge in [0.1, 0.15) is 17.3 Å². The maximum Gasteiger partial charge on any atom is 0.135 e. The molecule has 0 rings (SSSR count). The Bertz CT molecular complexity index is 336. The summed E-state index contributed by atoms with van der Waals surface area (Å²) in [7, 11) is 1.54. The fourth-order valence-corrected chi connectivity index (χ4v) is 2.30. The summed E-state index contributed by atoms with van der Waals surface area (Å²) in [5.41, 5.74) is 0. The van der Waals surface area contributed by atoms with Gasteiger partial charge in [0.15, 0.2) is 0 Å². The van der Waals surface area contributed by atoms with Crippen LogP contribution in [0.4, 0.5) is 0 Å². The number of aliphatic hydroxyl groups is 1. The Morgan fingerprint density at radius 2 is 1.62 bits per heavy atom. The van der Waals surface area contributed by atoms with Crippen LogP contribution in [0.25, 0.3) is 0 Å². The predicted molar refractivity (Wildman–Crippen MR) is 80.1 cm³/mol. The minimum Gasteiger partial charge on any atom is -0.393 e. The molecule has 0 radical (unpaired) electrons. The zero-order valence-electron chi connectivity index (χ0n) is 13.4. The van der Waals surface area contributed by atoms with Gasteiger partial charge in [-0.3, -0.25) is 9.59 Å². The van der Waals surface area contributed by atoms with Crippen molar-refractivity contribution < 1.29 is 24.2 Å². The molecule has 0 saturated heterocycles. The van der Waals surface area contributed by atoms with E-state index in [1.165, 1.54) is 14.0 Å². The maximum absolute atomic E-state index is 11.8. The number of carbonyl (C=O) groups excluding carboxylic acids is 3. The van der Waals surface area contributed by atoms with Gasteiger partial charge in [-0.2, -0.15) is 0 Å². The first kappa shape index (κ1) is 19.9. The molecule has 2 unspecified atom stereocenters. The van der Waals surface area contributed by atoms with E-state index in [4.69, 9.17) is 4.74 Å². The number of hydrogen-bond acceptors (Lipinski definition) is 5. The van der Waals surface area contributed by atoms with Crippen molar-refractivity contribution in [3.05, 3.63) is 0 Å². The molecule has 0 spiro atoms. The second-order valence-corrected chi connectivity index (χ2v) is 5.72. The van der Waals surface area contributed by atoms with Crippen LogP contribution in [0.2, 0.25) is 0 Å². The highest BCUT2D eigenvalue weighted by atomic mass is 16.5. The van der Waals surface area contributed by atoms with Crippen LogP contribution in [0.1, 0.15) is 58.8 Å². The van der Waals surface area contributed by atoms with Crippen molar-refractivity contribution in [2.45, 2.75) is 64.9 Å². The largest absolute Gasteiger partial charge is 0.393 e. The van der Waals surface area contributed by atoms with Gasteiger partial charge in [0, 0.05) is 39.2 Å². The number of Topliss-reactive ketones (excluding diaryl/α,β-unsaturated/α-hetero) is 3. The molecule has 21 heavy (non-hydrogen) atoms. The smallest absolute Gasteiger partial charge is 0.135 e. The molecular weight excluding hydrogens is 272 g/mol. The molecule has 5 heteroatoms. The van der Waals surface area contributed by atoms with E-state index >= 15 is 0 Å². The van der Waals surface area contributed by atoms with E-state index in [9.17, 15) is 19.5 Å². The summed E-state index contributed by atoms with van der Waals surface area (Å²) in [5, 5.41) is 9.41. The Labute approximate surface area is 127 Å². The molecule has 1 N–H and O–H groups in total. The zero-order valence-corrected chi connectivity index (χ0v) is 13.4. The Morgan fingerprint density at radius 1 is 1.05 bits per heavy atom. The van der Waals surface area contributed by atoms with Crippen LogP contribution in [-0.4, -0.2) is 42.3 Å². The van der Waals surface area contributed by atoms with E-state index in [0.717, 1.165) is 0 Å². The van der Waals surface area contributed by atoms with Crippen LogP contribution in [0.15, 0.2) is 0 Å². The van der Waals surface area contributed by atoms with Crippen molar-refractivity contribution in [1.82, 2.24) is 0 Å². The van der Waals surface area contributed by atoms with E-state index in [1.807, 2.05) is 0 Å². The number of rotatable bonds is 13. The van der Waals surface area contributed by atoms with Crippen LogP contribution in [0.5, 0.6) is 0 Å². The van der Waals surface area contributed by atoms with E-state index in [-0.39, 0.29) is 36.1 Å². The van der Waals surface area contributed by atoms with Crippen molar-refractivity contribution in [2.24, 2.45) is 5.92 Å². The number of ether oxygens (including phenoxy) is 1. The number of aliphatic hydroxyl groups excluding tert-OH is 1. The second-order valence-electron chi connectivity index (χ2n) is 5.72. The summed E-state index contributed by atoms with van der Waals surface area (Å²) in [6.45, 7) is 3.59. The Hall–Kier alpha value is -1.07. The van der Waals surface area contributed by atoms with Crippen LogP contribution in [0.3, 0.4) is 0 Å². The number of methoxy groups -OCH3 is 1. The first-order chi connectivity index (χ1) is 9.85. The summed E-state index contributed by atoms with van der Waals surface area (Å²) in [6.07, 6.45) is 2.27. The molecule has 5 nitrogen and oxygen atoms in total. The molecule has 0 aromatic rings. The topological polar surface area (TPSA) is 80.7 Å². The zero-order chi connectivity index (χ0) is 16.3. The number of ketones is 3. The molecule has 122 valence electrons. The van der Waals surface area contributed by atoms with Crippen molar-refractivity contribution in [3.8, 4) is 0 Å². The fraction of sp³-hybridized carbons (Fsp3) is 0.812. The summed E-state index contributed by atoms with van der Waals surface area (Å²) in [5.74, 6) is 0.188. The Balaban J connectivity index is 4.01. The minimum absolute atomic E-state index is 0.0365. The first-order valence-corrected chi connectivity index (χ1v) is 7.55. The van der Waals surface area contributed by atoms with E-state index in [1.54, 1.807) is 6.92 Å². The molecule has 0 heterocycles. The lowest BCUT2D eigenvalue weighted by Crippen LogP contribution is -2.15. The molecular formula is C16H28O5. The maximum atomic E-state index is 11.8. The lowest BCUT2D eigenvalue weighted by Gasteiger charge is -2.16. The van der Waals surface area contributed by atoms with E-state index < -0.39 is 6.10 Å². The molecule has 0 fully saturated rings. The molecule has 0 aliphatic rings. The van der Waals surface area contributed by atoms with Gasteiger partial charge in [-0.1, -0.05) is 0 Å². The normalized spacial score (nSPS) is 13.7. The molecule has 0 aliphatic carbocycles. The molecule has 0 saturated carbocycles. The van der Waals surface area contributed by atoms with Gasteiger partial charge in [-0.15, -0.1) is 0 Å². The van der Waals surface area contributed by atoms with Crippen molar-refractivity contribution >= 4 is 17.3 Å². The standard InChI is InChI=1S/C16H28O5/c1-12(17)10-14(11-13(2)18)4-5-15(19)6-7-16(20)8-9-21-3/h12,14,17H,4-11H2,1-3H3. The lowest BCUT2D eigenvalue weighted by molar-refractivity contribution is -0.125. The first-order valence-electron chi connectivity index (χ1n) is 7.55. The van der Waals surface area contributed by atoms with Crippen LogP contribution in [-0.2, 0) is 19.1 Å². The average molecular weight is 300 g/mol. The average Bonchev–Trinajstić information content (AvgIpc) is 2.38. The van der Waals surface area contributed by atoms with Crippen LogP contribution >= 0.6 is 0 Å². The quantitative estimate of drug-likeness (QED) is 0.563. The highest BCUT2D eigenvalue weighted by Gasteiger charge is 2.16. The highest BCUT2D eigenvalue weighted by molar-refractivity contribution is 5.86. The summed E-state index contributed by atoms with van der Waals surface area (Å²) >= 11 is 0.